The number of nitrogens with zero attached hydrogens (tertiary/aromatic N) is 3. The number of amides is 1. The van der Waals surface area contributed by atoms with E-state index in [-0.39, 0.29) is 30.1 Å². The summed E-state index contributed by atoms with van der Waals surface area (Å²) in [5, 5.41) is 5.46. The van der Waals surface area contributed by atoms with Gasteiger partial charge in [0, 0.05) is 31.9 Å². The van der Waals surface area contributed by atoms with Crippen molar-refractivity contribution in [1.29, 1.82) is 0 Å². The van der Waals surface area contributed by atoms with E-state index in [2.05, 4.69) is 11.2 Å². The predicted octanol–water partition coefficient (Wildman–Crippen LogP) is 5.58. The van der Waals surface area contributed by atoms with Crippen molar-refractivity contribution in [1.82, 2.24) is 14.7 Å². The third kappa shape index (κ3) is 6.49. The number of aromatic nitrogens is 2. The molecule has 1 aromatic heterocycles. The van der Waals surface area contributed by atoms with Gasteiger partial charge in [-0.25, -0.2) is 0 Å². The fourth-order valence-corrected chi connectivity index (χ4v) is 6.05. The molecule has 0 saturated carbocycles. The van der Waals surface area contributed by atoms with Crippen LogP contribution in [0.15, 0.2) is 12.1 Å². The smallest absolute Gasteiger partial charge is 0.245 e. The van der Waals surface area contributed by atoms with E-state index in [9.17, 15) is 14.4 Å². The van der Waals surface area contributed by atoms with E-state index in [1.807, 2.05) is 19.9 Å². The van der Waals surface area contributed by atoms with E-state index in [0.717, 1.165) is 47.7 Å². The number of ketones is 2. The molecular weight excluding hydrogens is 466 g/mol. The van der Waals surface area contributed by atoms with Crippen molar-refractivity contribution in [2.45, 2.75) is 117 Å². The Bertz CT molecular complexity index is 1120. The highest BCUT2D eigenvalue weighted by atomic mass is 16.5. The lowest BCUT2D eigenvalue weighted by molar-refractivity contribution is -0.141. The van der Waals surface area contributed by atoms with Gasteiger partial charge in [-0.05, 0) is 44.2 Å². The first kappa shape index (κ1) is 27.5. The normalized spacial score (nSPS) is 22.8. The van der Waals surface area contributed by atoms with Gasteiger partial charge in [-0.2, -0.15) is 5.10 Å². The van der Waals surface area contributed by atoms with Gasteiger partial charge in [0.25, 0.3) is 0 Å². The maximum Gasteiger partial charge on any atom is 0.245 e. The zero-order chi connectivity index (χ0) is 26.4. The second kappa shape index (κ2) is 12.8. The van der Waals surface area contributed by atoms with Crippen molar-refractivity contribution < 1.29 is 19.1 Å². The van der Waals surface area contributed by atoms with Gasteiger partial charge >= 0.3 is 0 Å². The molecule has 1 fully saturated rings. The zero-order valence-corrected chi connectivity index (χ0v) is 22.9. The third-order valence-electron chi connectivity index (χ3n) is 7.95. The predicted molar refractivity (Wildman–Crippen MR) is 145 cm³/mol. The molecule has 7 heteroatoms. The van der Waals surface area contributed by atoms with Crippen LogP contribution in [0, 0.1) is 6.92 Å². The van der Waals surface area contributed by atoms with E-state index in [1.54, 1.807) is 9.58 Å². The Kier molecular flexibility index (Phi) is 9.52. The highest BCUT2D eigenvalue weighted by Gasteiger charge is 2.41. The minimum atomic E-state index is -0.543. The van der Waals surface area contributed by atoms with Crippen LogP contribution in [0.25, 0.3) is 10.9 Å². The molecule has 2 aromatic rings. The minimum Gasteiger partial charge on any atom is -0.376 e. The summed E-state index contributed by atoms with van der Waals surface area (Å²) in [6.45, 7) is 6.57. The van der Waals surface area contributed by atoms with Crippen LogP contribution < -0.4 is 0 Å². The number of hydrogen-bond acceptors (Lipinski definition) is 5. The second-order valence-corrected chi connectivity index (χ2v) is 10.9. The van der Waals surface area contributed by atoms with Gasteiger partial charge in [0.05, 0.1) is 11.6 Å². The van der Waals surface area contributed by atoms with Crippen molar-refractivity contribution >= 4 is 28.4 Å². The highest BCUT2D eigenvalue weighted by Crippen LogP contribution is 2.29. The Hall–Kier alpha value is -2.54. The summed E-state index contributed by atoms with van der Waals surface area (Å²) in [7, 11) is 0. The van der Waals surface area contributed by atoms with Crippen LogP contribution in [0.3, 0.4) is 0 Å². The van der Waals surface area contributed by atoms with Gasteiger partial charge in [0.15, 0.2) is 11.6 Å². The molecule has 1 aromatic carbocycles. The van der Waals surface area contributed by atoms with Crippen molar-refractivity contribution in [3.63, 3.8) is 0 Å². The number of benzene rings is 1. The number of ether oxygens (including phenoxy) is 1. The molecule has 0 aliphatic carbocycles. The fourth-order valence-electron chi connectivity index (χ4n) is 6.05. The summed E-state index contributed by atoms with van der Waals surface area (Å²) < 4.78 is 7.89. The van der Waals surface area contributed by atoms with Crippen LogP contribution in [0.5, 0.6) is 0 Å². The van der Waals surface area contributed by atoms with Crippen LogP contribution in [0.1, 0.15) is 106 Å². The first-order valence-electron chi connectivity index (χ1n) is 14.4. The van der Waals surface area contributed by atoms with Crippen molar-refractivity contribution in [2.75, 3.05) is 13.2 Å². The van der Waals surface area contributed by atoms with Crippen LogP contribution in [0.4, 0.5) is 0 Å². The van der Waals surface area contributed by atoms with Crippen LogP contribution in [-0.4, -0.2) is 57.5 Å². The van der Waals surface area contributed by atoms with E-state index in [0.29, 0.717) is 31.7 Å². The molecule has 202 valence electrons. The van der Waals surface area contributed by atoms with Crippen molar-refractivity contribution in [3.8, 4) is 0 Å². The molecule has 2 aliphatic rings. The molecule has 4 rings (SSSR count). The molecule has 0 spiro atoms. The summed E-state index contributed by atoms with van der Waals surface area (Å²) >= 11 is 0. The van der Waals surface area contributed by atoms with Gasteiger partial charge in [-0.3, -0.25) is 19.1 Å². The van der Waals surface area contributed by atoms with Gasteiger partial charge in [-0.1, -0.05) is 63.5 Å². The molecule has 0 N–H and O–H groups in total. The number of aryl methyl sites for hydroxylation is 2. The maximum absolute atomic E-state index is 13.6. The second-order valence-electron chi connectivity index (χ2n) is 10.9. The molecule has 3 heterocycles. The quantitative estimate of drug-likeness (QED) is 0.505. The number of Topliss-reactive ketones (excluding diaryl/α,β-unsaturated/α-hetero) is 2. The Labute approximate surface area is 220 Å². The fraction of sp³-hybridized carbons (Fsp3) is 0.667. The standard InChI is InChI=1S/C30H43N3O4/c1-4-25(35)30-26-15-16-32(30)27(36)20-33-29-23(18-21(2)19-24(29)28(31-33)22(3)34)14-12-10-8-6-5-7-9-11-13-17-37-26/h18-19,26,30H,4-17,20H2,1-3H3/t26-,30-/m1/s1. The summed E-state index contributed by atoms with van der Waals surface area (Å²) in [6.07, 6.45) is 12.3. The lowest BCUT2D eigenvalue weighted by atomic mass is 9.99. The van der Waals surface area contributed by atoms with Crippen molar-refractivity contribution in [2.24, 2.45) is 0 Å². The lowest BCUT2D eigenvalue weighted by Gasteiger charge is -2.27. The minimum absolute atomic E-state index is 0.0139. The summed E-state index contributed by atoms with van der Waals surface area (Å²) in [5.74, 6) is -0.200. The van der Waals surface area contributed by atoms with E-state index >= 15 is 0 Å². The molecule has 37 heavy (non-hydrogen) atoms. The summed E-state index contributed by atoms with van der Waals surface area (Å²) in [5.41, 5.74) is 3.53. The van der Waals surface area contributed by atoms with Crippen molar-refractivity contribution in [3.05, 3.63) is 29.0 Å². The molecule has 7 nitrogen and oxygen atoms in total. The molecule has 2 atom stereocenters. The molecule has 1 saturated heterocycles. The average Bonchev–Trinajstić information content (AvgIpc) is 3.45. The molecule has 2 bridgehead atoms. The topological polar surface area (TPSA) is 81.5 Å². The third-order valence-corrected chi connectivity index (χ3v) is 7.95. The van der Waals surface area contributed by atoms with Crippen LogP contribution in [-0.2, 0) is 27.3 Å². The maximum atomic E-state index is 13.6. The molecular formula is C30H43N3O4. The summed E-state index contributed by atoms with van der Waals surface area (Å²) in [6, 6.07) is 3.63. The first-order valence-corrected chi connectivity index (χ1v) is 14.4. The van der Waals surface area contributed by atoms with Crippen LogP contribution >= 0.6 is 0 Å². The number of fused-ring (bicyclic) bond motifs is 2. The average molecular weight is 510 g/mol. The summed E-state index contributed by atoms with van der Waals surface area (Å²) in [4.78, 5) is 40.8. The van der Waals surface area contributed by atoms with Gasteiger partial charge in [-0.15, -0.1) is 0 Å². The Morgan fingerprint density at radius 3 is 2.38 bits per heavy atom. The monoisotopic (exact) mass is 509 g/mol. The van der Waals surface area contributed by atoms with Gasteiger partial charge < -0.3 is 9.64 Å². The van der Waals surface area contributed by atoms with Crippen LogP contribution in [0.2, 0.25) is 0 Å². The number of rotatable bonds is 3. The molecule has 0 unspecified atom stereocenters. The molecule has 1 amide bonds. The zero-order valence-electron chi connectivity index (χ0n) is 22.9. The number of carbonyl (C=O) groups is 3. The Morgan fingerprint density at radius 1 is 1.03 bits per heavy atom. The first-order chi connectivity index (χ1) is 17.9. The molecule has 0 radical (unpaired) electrons. The van der Waals surface area contributed by atoms with E-state index < -0.39 is 6.04 Å². The Morgan fingerprint density at radius 2 is 1.70 bits per heavy atom. The number of carbonyl (C=O) groups excluding carboxylic acids is 3. The highest BCUT2D eigenvalue weighted by molar-refractivity contribution is 6.06. The largest absolute Gasteiger partial charge is 0.376 e. The van der Waals surface area contributed by atoms with E-state index in [4.69, 9.17) is 4.74 Å². The SMILES string of the molecule is CCC(=O)[C@@H]1[C@H]2CCN1C(=O)Cn1nc(C(C)=O)c3cc(C)cc(c31)CCCCCCCCCCCO2. The Balaban J connectivity index is 1.68. The van der Waals surface area contributed by atoms with Gasteiger partial charge in [0.2, 0.25) is 5.91 Å². The van der Waals surface area contributed by atoms with E-state index in [1.165, 1.54) is 45.4 Å². The molecule has 2 aliphatic heterocycles. The lowest BCUT2D eigenvalue weighted by Crippen LogP contribution is -2.47. The van der Waals surface area contributed by atoms with Gasteiger partial charge in [0.1, 0.15) is 18.3 Å². The number of hydrogen-bond donors (Lipinski definition) is 0.